The van der Waals surface area contributed by atoms with Gasteiger partial charge in [0.1, 0.15) is 0 Å². The number of esters is 1. The molecule has 6 heteroatoms. The molecule has 1 aromatic carbocycles. The highest BCUT2D eigenvalue weighted by Gasteiger charge is 2.20. The number of ketones is 1. The van der Waals surface area contributed by atoms with Gasteiger partial charge in [-0.15, -0.1) is 0 Å². The summed E-state index contributed by atoms with van der Waals surface area (Å²) >= 11 is 0. The maximum atomic E-state index is 12.0. The van der Waals surface area contributed by atoms with Crippen LogP contribution in [0.5, 0.6) is 0 Å². The maximum absolute atomic E-state index is 12.0. The summed E-state index contributed by atoms with van der Waals surface area (Å²) in [7, 11) is -3.72. The van der Waals surface area contributed by atoms with Crippen molar-refractivity contribution in [2.24, 2.45) is 0 Å². The van der Waals surface area contributed by atoms with E-state index >= 15 is 0 Å². The Bertz CT molecular complexity index is 572. The van der Waals surface area contributed by atoms with Crippen LogP contribution in [0.1, 0.15) is 37.0 Å². The van der Waals surface area contributed by atoms with E-state index in [9.17, 15) is 18.0 Å². The van der Waals surface area contributed by atoms with Crippen LogP contribution >= 0.6 is 0 Å². The van der Waals surface area contributed by atoms with E-state index in [4.69, 9.17) is 4.74 Å². The minimum absolute atomic E-state index is 0.0126. The predicted molar refractivity (Wildman–Crippen MR) is 74.4 cm³/mol. The van der Waals surface area contributed by atoms with Gasteiger partial charge in [0.15, 0.2) is 21.4 Å². The van der Waals surface area contributed by atoms with E-state index in [0.29, 0.717) is 18.4 Å². The molecule has 20 heavy (non-hydrogen) atoms. The molecule has 110 valence electrons. The highest BCUT2D eigenvalue weighted by Crippen LogP contribution is 2.14. The van der Waals surface area contributed by atoms with Gasteiger partial charge in [-0.25, -0.2) is 8.42 Å². The van der Waals surface area contributed by atoms with Crippen LogP contribution in [0.3, 0.4) is 0 Å². The highest BCUT2D eigenvalue weighted by molar-refractivity contribution is 7.92. The Morgan fingerprint density at radius 1 is 1.10 bits per heavy atom. The number of carbonyl (C=O) groups excluding carboxylic acids is 2. The van der Waals surface area contributed by atoms with E-state index in [1.54, 1.807) is 6.92 Å². The molecule has 0 bridgehead atoms. The number of Topliss-reactive ketones (excluding diaryl/α,β-unsaturated/α-hetero) is 1. The third kappa shape index (κ3) is 4.45. The number of rotatable bonds is 7. The average Bonchev–Trinajstić information content (AvgIpc) is 2.44. The summed E-state index contributed by atoms with van der Waals surface area (Å²) in [5, 5.41) is 0. The van der Waals surface area contributed by atoms with Crippen molar-refractivity contribution in [2.45, 2.75) is 31.6 Å². The molecule has 0 aliphatic heterocycles. The van der Waals surface area contributed by atoms with Crippen molar-refractivity contribution in [2.75, 3.05) is 12.4 Å². The van der Waals surface area contributed by atoms with Crippen LogP contribution in [0, 0.1) is 0 Å². The van der Waals surface area contributed by atoms with Crippen LogP contribution in [0.4, 0.5) is 0 Å². The second-order valence-electron chi connectivity index (χ2n) is 4.28. The summed E-state index contributed by atoms with van der Waals surface area (Å²) < 4.78 is 28.7. The summed E-state index contributed by atoms with van der Waals surface area (Å²) in [6.45, 7) is 3.76. The second kappa shape index (κ2) is 7.19. The molecule has 0 saturated heterocycles. The van der Waals surface area contributed by atoms with Gasteiger partial charge in [0.2, 0.25) is 0 Å². The molecule has 0 radical (unpaired) electrons. The quantitative estimate of drug-likeness (QED) is 0.568. The van der Waals surface area contributed by atoms with Crippen LogP contribution in [-0.4, -0.2) is 32.5 Å². The molecule has 0 fully saturated rings. The van der Waals surface area contributed by atoms with E-state index in [2.05, 4.69) is 0 Å². The van der Waals surface area contributed by atoms with Crippen molar-refractivity contribution in [3.63, 3.8) is 0 Å². The van der Waals surface area contributed by atoms with Gasteiger partial charge in [-0.05, 0) is 18.6 Å². The molecule has 0 aliphatic carbocycles. The maximum Gasteiger partial charge on any atom is 0.321 e. The molecule has 0 atom stereocenters. The number of hydrogen-bond donors (Lipinski definition) is 0. The summed E-state index contributed by atoms with van der Waals surface area (Å²) in [6.07, 6.45) is 0.995. The van der Waals surface area contributed by atoms with Gasteiger partial charge in [0.05, 0.1) is 11.5 Å². The molecule has 0 unspecified atom stereocenters. The Labute approximate surface area is 118 Å². The van der Waals surface area contributed by atoms with Crippen LogP contribution in [0.25, 0.3) is 0 Å². The van der Waals surface area contributed by atoms with Gasteiger partial charge in [0.25, 0.3) is 0 Å². The SMILES string of the molecule is CCCOC(=O)CS(=O)(=O)c1ccc(C(=O)CC)cc1. The lowest BCUT2D eigenvalue weighted by atomic mass is 10.1. The van der Waals surface area contributed by atoms with Crippen molar-refractivity contribution < 1.29 is 22.7 Å². The molecule has 1 rings (SSSR count). The Morgan fingerprint density at radius 3 is 2.20 bits per heavy atom. The molecule has 1 aromatic rings. The molecule has 0 spiro atoms. The van der Waals surface area contributed by atoms with Crippen molar-refractivity contribution in [3.05, 3.63) is 29.8 Å². The van der Waals surface area contributed by atoms with Crippen molar-refractivity contribution in [1.82, 2.24) is 0 Å². The molecule has 0 aliphatic rings. The Balaban J connectivity index is 2.82. The summed E-state index contributed by atoms with van der Waals surface area (Å²) in [4.78, 5) is 22.8. The first-order valence-corrected chi connectivity index (χ1v) is 8.07. The number of benzene rings is 1. The Hall–Kier alpha value is -1.69. The Morgan fingerprint density at radius 2 is 1.70 bits per heavy atom. The summed E-state index contributed by atoms with van der Waals surface area (Å²) in [6, 6.07) is 5.59. The summed E-state index contributed by atoms with van der Waals surface area (Å²) in [5.41, 5.74) is 0.458. The zero-order valence-corrected chi connectivity index (χ0v) is 12.4. The smallest absolute Gasteiger partial charge is 0.321 e. The van der Waals surface area contributed by atoms with Gasteiger partial charge in [-0.2, -0.15) is 0 Å². The van der Waals surface area contributed by atoms with Crippen molar-refractivity contribution >= 4 is 21.6 Å². The number of sulfone groups is 1. The molecule has 0 heterocycles. The highest BCUT2D eigenvalue weighted by atomic mass is 32.2. The fourth-order valence-electron chi connectivity index (χ4n) is 1.55. The number of carbonyl (C=O) groups is 2. The minimum atomic E-state index is -3.72. The van der Waals surface area contributed by atoms with E-state index in [0.717, 1.165) is 0 Å². The van der Waals surface area contributed by atoms with Crippen LogP contribution in [0.15, 0.2) is 29.2 Å². The first-order chi connectivity index (χ1) is 9.40. The van der Waals surface area contributed by atoms with E-state index in [1.165, 1.54) is 24.3 Å². The Kier molecular flexibility index (Phi) is 5.88. The first kappa shape index (κ1) is 16.4. The number of hydrogen-bond acceptors (Lipinski definition) is 5. The van der Waals surface area contributed by atoms with Gasteiger partial charge in [-0.3, -0.25) is 9.59 Å². The first-order valence-electron chi connectivity index (χ1n) is 6.42. The average molecular weight is 298 g/mol. The van der Waals surface area contributed by atoms with E-state index in [-0.39, 0.29) is 17.3 Å². The fraction of sp³-hybridized carbons (Fsp3) is 0.429. The lowest BCUT2D eigenvalue weighted by Crippen LogP contribution is -2.19. The molecule has 0 aromatic heterocycles. The molecule has 0 N–H and O–H groups in total. The minimum Gasteiger partial charge on any atom is -0.465 e. The second-order valence-corrected chi connectivity index (χ2v) is 6.27. The molecule has 0 saturated carbocycles. The fourth-order valence-corrected chi connectivity index (χ4v) is 2.66. The predicted octanol–water partition coefficient (Wildman–Crippen LogP) is 2.01. The standard InChI is InChI=1S/C14H18O5S/c1-3-9-19-14(16)10-20(17,18)12-7-5-11(6-8-12)13(15)4-2/h5-8H,3-4,9-10H2,1-2H3. The number of ether oxygens (including phenoxy) is 1. The zero-order chi connectivity index (χ0) is 15.2. The van der Waals surface area contributed by atoms with Gasteiger partial charge < -0.3 is 4.74 Å². The van der Waals surface area contributed by atoms with Crippen LogP contribution in [-0.2, 0) is 19.4 Å². The van der Waals surface area contributed by atoms with Gasteiger partial charge in [0, 0.05) is 12.0 Å². The lowest BCUT2D eigenvalue weighted by molar-refractivity contribution is -0.140. The van der Waals surface area contributed by atoms with Gasteiger partial charge >= 0.3 is 5.97 Å². The topological polar surface area (TPSA) is 77.5 Å². The van der Waals surface area contributed by atoms with Crippen LogP contribution in [0.2, 0.25) is 0 Å². The largest absolute Gasteiger partial charge is 0.465 e. The molecule has 5 nitrogen and oxygen atoms in total. The van der Waals surface area contributed by atoms with Crippen LogP contribution < -0.4 is 0 Å². The third-order valence-corrected chi connectivity index (χ3v) is 4.24. The third-order valence-electron chi connectivity index (χ3n) is 2.63. The monoisotopic (exact) mass is 298 g/mol. The van der Waals surface area contributed by atoms with Gasteiger partial charge in [-0.1, -0.05) is 26.0 Å². The van der Waals surface area contributed by atoms with Crippen molar-refractivity contribution in [3.8, 4) is 0 Å². The molecular weight excluding hydrogens is 280 g/mol. The molecular formula is C14H18O5S. The van der Waals surface area contributed by atoms with E-state index < -0.39 is 21.6 Å². The normalized spacial score (nSPS) is 11.1. The van der Waals surface area contributed by atoms with Crippen molar-refractivity contribution in [1.29, 1.82) is 0 Å². The summed E-state index contributed by atoms with van der Waals surface area (Å²) in [5.74, 6) is -1.51. The lowest BCUT2D eigenvalue weighted by Gasteiger charge is -2.06. The zero-order valence-electron chi connectivity index (χ0n) is 11.6. The van der Waals surface area contributed by atoms with E-state index in [1.807, 2.05) is 6.92 Å². The molecule has 0 amide bonds.